The lowest BCUT2D eigenvalue weighted by molar-refractivity contribution is -0.192. The monoisotopic (exact) mass is 415 g/mol. The van der Waals surface area contributed by atoms with Crippen LogP contribution in [0.15, 0.2) is 24.5 Å². The zero-order valence-corrected chi connectivity index (χ0v) is 15.3. The highest BCUT2D eigenvalue weighted by molar-refractivity contribution is 5.98. The van der Waals surface area contributed by atoms with Gasteiger partial charge in [-0.3, -0.25) is 14.6 Å². The normalized spacial score (nSPS) is 26.2. The van der Waals surface area contributed by atoms with Crippen LogP contribution >= 0.6 is 0 Å². The lowest BCUT2D eigenvalue weighted by Crippen LogP contribution is -2.38. The third kappa shape index (κ3) is 4.66. The van der Waals surface area contributed by atoms with E-state index in [0.717, 1.165) is 12.1 Å². The number of carboxylic acids is 1. The fourth-order valence-corrected chi connectivity index (χ4v) is 3.77. The van der Waals surface area contributed by atoms with E-state index in [9.17, 15) is 22.8 Å². The van der Waals surface area contributed by atoms with Gasteiger partial charge in [-0.25, -0.2) is 4.79 Å². The van der Waals surface area contributed by atoms with Crippen molar-refractivity contribution < 1.29 is 37.4 Å². The maximum atomic E-state index is 12.6. The highest BCUT2D eigenvalue weighted by atomic mass is 19.4. The van der Waals surface area contributed by atoms with Gasteiger partial charge in [-0.15, -0.1) is 0 Å². The largest absolute Gasteiger partial charge is 0.490 e. The Morgan fingerprint density at radius 2 is 1.97 bits per heavy atom. The molecule has 29 heavy (non-hydrogen) atoms. The number of aliphatic carboxylic acids is 1. The summed E-state index contributed by atoms with van der Waals surface area (Å²) in [5.74, 6) is -2.31. The molecule has 1 unspecified atom stereocenters. The maximum absolute atomic E-state index is 12.6. The summed E-state index contributed by atoms with van der Waals surface area (Å²) in [6.45, 7) is 3.11. The number of amides is 2. The average Bonchev–Trinajstić information content (AvgIpc) is 3.40. The van der Waals surface area contributed by atoms with Gasteiger partial charge in [-0.2, -0.15) is 13.2 Å². The van der Waals surface area contributed by atoms with Crippen LogP contribution in [0.4, 0.5) is 18.9 Å². The molecule has 1 aromatic rings. The van der Waals surface area contributed by atoms with Crippen LogP contribution in [0.3, 0.4) is 0 Å². The van der Waals surface area contributed by atoms with Crippen molar-refractivity contribution in [2.45, 2.75) is 12.6 Å². The number of nitrogens with zero attached hydrogens (tertiary/aromatic N) is 3. The minimum absolute atomic E-state index is 0.0108. The zero-order chi connectivity index (χ0) is 21.2. The predicted molar refractivity (Wildman–Crippen MR) is 92.8 cm³/mol. The second-order valence-corrected chi connectivity index (χ2v) is 7.13. The first kappa shape index (κ1) is 21.0. The highest BCUT2D eigenvalue weighted by Gasteiger charge is 2.48. The Labute approximate surface area is 164 Å². The number of carbonyl (C=O) groups excluding carboxylic acids is 2. The van der Waals surface area contributed by atoms with E-state index in [1.165, 1.54) is 0 Å². The van der Waals surface area contributed by atoms with E-state index in [-0.39, 0.29) is 29.6 Å². The quantitative estimate of drug-likeness (QED) is 0.779. The van der Waals surface area contributed by atoms with Crippen molar-refractivity contribution in [3.8, 4) is 0 Å². The van der Waals surface area contributed by atoms with E-state index >= 15 is 0 Å². The molecule has 1 N–H and O–H groups in total. The molecule has 3 aliphatic heterocycles. The summed E-state index contributed by atoms with van der Waals surface area (Å²) < 4.78 is 37.0. The number of hydrogen-bond acceptors (Lipinski definition) is 5. The third-order valence-corrected chi connectivity index (χ3v) is 5.23. The molecule has 4 rings (SSSR count). The van der Waals surface area contributed by atoms with Crippen LogP contribution < -0.4 is 4.90 Å². The first-order chi connectivity index (χ1) is 13.7. The molecule has 4 heterocycles. The number of alkyl halides is 3. The summed E-state index contributed by atoms with van der Waals surface area (Å²) in [5, 5.41) is 7.12. The fraction of sp³-hybridized carbons (Fsp3) is 0.556. The van der Waals surface area contributed by atoms with Crippen LogP contribution in [0.5, 0.6) is 0 Å². The summed E-state index contributed by atoms with van der Waals surface area (Å²) in [5.41, 5.74) is 0.851. The van der Waals surface area contributed by atoms with Crippen molar-refractivity contribution in [3.63, 3.8) is 0 Å². The molecule has 0 saturated carbocycles. The van der Waals surface area contributed by atoms with Gasteiger partial charge in [-0.05, 0) is 18.6 Å². The number of ether oxygens (including phenoxy) is 1. The zero-order valence-electron chi connectivity index (χ0n) is 15.3. The van der Waals surface area contributed by atoms with Crippen LogP contribution in [0.2, 0.25) is 0 Å². The molecule has 0 bridgehead atoms. The highest BCUT2D eigenvalue weighted by Crippen LogP contribution is 2.35. The minimum Gasteiger partial charge on any atom is -0.475 e. The second-order valence-electron chi connectivity index (χ2n) is 7.13. The summed E-state index contributed by atoms with van der Waals surface area (Å²) in [6, 6.07) is 3.75. The summed E-state index contributed by atoms with van der Waals surface area (Å²) >= 11 is 0. The fourth-order valence-electron chi connectivity index (χ4n) is 3.77. The molecule has 0 aromatic carbocycles. The molecule has 0 radical (unpaired) electrons. The van der Waals surface area contributed by atoms with Crippen LogP contribution in [-0.2, 0) is 19.1 Å². The van der Waals surface area contributed by atoms with Gasteiger partial charge < -0.3 is 19.6 Å². The van der Waals surface area contributed by atoms with Gasteiger partial charge in [0.05, 0.1) is 30.3 Å². The molecule has 3 fully saturated rings. The standard InChI is InChI=1S/C16H19N3O3.C2HF3O2/c20-15(11-3-5-22-10-11)18-7-12-8-19(16(21)14(12)9-18)13-2-1-4-17-6-13;3-2(4,5)1(6)7/h1-2,4,6,11-12,14H,3,5,7-10H2;(H,6,7)/t11?,12-,14-;/m0./s1. The van der Waals surface area contributed by atoms with E-state index < -0.39 is 12.1 Å². The number of anilines is 1. The van der Waals surface area contributed by atoms with Gasteiger partial charge in [-0.1, -0.05) is 0 Å². The van der Waals surface area contributed by atoms with Gasteiger partial charge in [0.2, 0.25) is 11.8 Å². The SMILES string of the molecule is O=C(C1CCOC1)N1C[C@H]2CN(c3cccnc3)C(=O)[C@H]2C1.O=C(O)C(F)(F)F. The Morgan fingerprint density at radius 1 is 1.24 bits per heavy atom. The first-order valence-electron chi connectivity index (χ1n) is 9.06. The topological polar surface area (TPSA) is 100 Å². The Balaban J connectivity index is 0.000000298. The van der Waals surface area contributed by atoms with Crippen molar-refractivity contribution in [1.82, 2.24) is 9.88 Å². The van der Waals surface area contributed by atoms with E-state index in [0.29, 0.717) is 32.8 Å². The molecule has 158 valence electrons. The number of carboxylic acid groups (broad SMARTS) is 1. The van der Waals surface area contributed by atoms with Gasteiger partial charge in [0, 0.05) is 38.4 Å². The molecule has 0 spiro atoms. The van der Waals surface area contributed by atoms with Gasteiger partial charge in [0.25, 0.3) is 0 Å². The van der Waals surface area contributed by atoms with Gasteiger partial charge >= 0.3 is 12.1 Å². The van der Waals surface area contributed by atoms with Crippen LogP contribution in [0, 0.1) is 17.8 Å². The number of carbonyl (C=O) groups is 3. The molecule has 2 amide bonds. The summed E-state index contributed by atoms with van der Waals surface area (Å²) in [7, 11) is 0. The third-order valence-electron chi connectivity index (χ3n) is 5.23. The molecule has 3 saturated heterocycles. The van der Waals surface area contributed by atoms with E-state index in [1.54, 1.807) is 12.4 Å². The number of aromatic nitrogens is 1. The number of rotatable bonds is 2. The maximum Gasteiger partial charge on any atom is 0.490 e. The molecular weight excluding hydrogens is 395 g/mol. The van der Waals surface area contributed by atoms with Crippen LogP contribution in [0.1, 0.15) is 6.42 Å². The number of pyridine rings is 1. The van der Waals surface area contributed by atoms with Crippen molar-refractivity contribution in [2.75, 3.05) is 37.7 Å². The molecular formula is C18H20F3N3O5. The molecule has 1 aromatic heterocycles. The average molecular weight is 415 g/mol. The molecule has 0 aliphatic carbocycles. The van der Waals surface area contributed by atoms with Crippen molar-refractivity contribution in [3.05, 3.63) is 24.5 Å². The number of fused-ring (bicyclic) bond motifs is 1. The summed E-state index contributed by atoms with van der Waals surface area (Å²) in [4.78, 5) is 41.7. The Hall–Kier alpha value is -2.69. The van der Waals surface area contributed by atoms with E-state index in [4.69, 9.17) is 14.6 Å². The second kappa shape index (κ2) is 8.36. The Kier molecular flexibility index (Phi) is 6.06. The minimum atomic E-state index is -5.08. The predicted octanol–water partition coefficient (Wildman–Crippen LogP) is 1.17. The molecule has 3 atom stereocenters. The molecule has 11 heteroatoms. The van der Waals surface area contributed by atoms with Crippen molar-refractivity contribution in [1.29, 1.82) is 0 Å². The number of hydrogen-bond donors (Lipinski definition) is 1. The smallest absolute Gasteiger partial charge is 0.475 e. The molecule has 3 aliphatic rings. The van der Waals surface area contributed by atoms with Gasteiger partial charge in [0.1, 0.15) is 0 Å². The van der Waals surface area contributed by atoms with Crippen LogP contribution in [0.25, 0.3) is 0 Å². The van der Waals surface area contributed by atoms with Crippen molar-refractivity contribution in [2.24, 2.45) is 17.8 Å². The number of halogens is 3. The van der Waals surface area contributed by atoms with Crippen molar-refractivity contribution >= 4 is 23.5 Å². The number of likely N-dealkylation sites (tertiary alicyclic amines) is 1. The summed E-state index contributed by atoms with van der Waals surface area (Å²) in [6.07, 6.45) is -0.854. The van der Waals surface area contributed by atoms with Crippen LogP contribution in [-0.4, -0.2) is 71.8 Å². The Bertz CT molecular complexity index is 768. The van der Waals surface area contributed by atoms with E-state index in [1.807, 2.05) is 21.9 Å². The lowest BCUT2D eigenvalue weighted by Gasteiger charge is -2.23. The Morgan fingerprint density at radius 3 is 2.48 bits per heavy atom. The van der Waals surface area contributed by atoms with E-state index in [2.05, 4.69) is 4.98 Å². The lowest BCUT2D eigenvalue weighted by atomic mass is 10.0. The first-order valence-corrected chi connectivity index (χ1v) is 9.06. The molecule has 8 nitrogen and oxygen atoms in total. The van der Waals surface area contributed by atoms with Gasteiger partial charge in [0.15, 0.2) is 0 Å².